The highest BCUT2D eigenvalue weighted by atomic mass is 15.3. The molecular weight excluding hydrogens is 232 g/mol. The lowest BCUT2D eigenvalue weighted by atomic mass is 10.1. The molecule has 2 nitrogen and oxygen atoms in total. The zero-order valence-corrected chi connectivity index (χ0v) is 11.3. The van der Waals surface area contributed by atoms with Gasteiger partial charge in [-0.1, -0.05) is 36.4 Å². The van der Waals surface area contributed by atoms with Crippen molar-refractivity contribution < 1.29 is 0 Å². The second-order valence-corrected chi connectivity index (χ2v) is 5.21. The van der Waals surface area contributed by atoms with Crippen molar-refractivity contribution in [2.45, 2.75) is 6.42 Å². The number of piperazine rings is 1. The van der Waals surface area contributed by atoms with Gasteiger partial charge in [0.2, 0.25) is 0 Å². The molecule has 3 rings (SSSR count). The minimum absolute atomic E-state index is 1.09. The smallest absolute Gasteiger partial charge is 0.0367 e. The van der Waals surface area contributed by atoms with E-state index in [9.17, 15) is 0 Å². The molecule has 0 bridgehead atoms. The second-order valence-electron chi connectivity index (χ2n) is 5.21. The molecule has 2 aliphatic rings. The van der Waals surface area contributed by atoms with Crippen LogP contribution in [0.5, 0.6) is 0 Å². The van der Waals surface area contributed by atoms with Crippen LogP contribution in [0.4, 0.5) is 5.69 Å². The molecule has 1 heterocycles. The summed E-state index contributed by atoms with van der Waals surface area (Å²) in [6, 6.07) is 10.7. The van der Waals surface area contributed by atoms with Gasteiger partial charge in [0.05, 0.1) is 0 Å². The Bertz CT molecular complexity index is 453. The van der Waals surface area contributed by atoms with Crippen LogP contribution in [0.1, 0.15) is 6.42 Å². The van der Waals surface area contributed by atoms with E-state index in [1.54, 1.807) is 0 Å². The van der Waals surface area contributed by atoms with Crippen LogP contribution in [-0.4, -0.2) is 37.6 Å². The van der Waals surface area contributed by atoms with Crippen LogP contribution in [-0.2, 0) is 0 Å². The largest absolute Gasteiger partial charge is 0.369 e. The maximum absolute atomic E-state index is 2.56. The van der Waals surface area contributed by atoms with Crippen LogP contribution in [0.3, 0.4) is 0 Å². The summed E-state index contributed by atoms with van der Waals surface area (Å²) in [7, 11) is 0. The average Bonchev–Trinajstić information content (AvgIpc) is 2.50. The van der Waals surface area contributed by atoms with E-state index in [0.29, 0.717) is 0 Å². The van der Waals surface area contributed by atoms with Crippen LogP contribution >= 0.6 is 0 Å². The van der Waals surface area contributed by atoms with E-state index in [-0.39, 0.29) is 0 Å². The molecule has 99 valence electrons. The summed E-state index contributed by atoms with van der Waals surface area (Å²) in [6.45, 7) is 5.68. The Kier molecular flexibility index (Phi) is 3.99. The Hall–Kier alpha value is -1.54. The number of anilines is 1. The fourth-order valence-electron chi connectivity index (χ4n) is 2.74. The number of para-hydroxylation sites is 1. The average molecular weight is 253 g/mol. The highest BCUT2D eigenvalue weighted by Gasteiger charge is 2.17. The molecule has 0 aromatic heterocycles. The van der Waals surface area contributed by atoms with Crippen molar-refractivity contribution in [2.75, 3.05) is 37.6 Å². The number of nitrogens with zero attached hydrogens (tertiary/aromatic N) is 2. The zero-order valence-electron chi connectivity index (χ0n) is 11.3. The van der Waals surface area contributed by atoms with E-state index in [0.717, 1.165) is 39.1 Å². The molecular formula is C17H21N2. The van der Waals surface area contributed by atoms with Gasteiger partial charge in [-0.15, -0.1) is 0 Å². The van der Waals surface area contributed by atoms with Crippen molar-refractivity contribution in [3.8, 4) is 0 Å². The SMILES string of the molecule is [CH]1C=CC(CN2CCN(c3ccccc3)CC2)=CC1. The topological polar surface area (TPSA) is 6.48 Å². The van der Waals surface area contributed by atoms with Crippen LogP contribution < -0.4 is 4.90 Å². The van der Waals surface area contributed by atoms with Crippen molar-refractivity contribution in [3.05, 3.63) is 60.6 Å². The molecule has 1 aromatic rings. The van der Waals surface area contributed by atoms with Gasteiger partial charge in [-0.25, -0.2) is 0 Å². The van der Waals surface area contributed by atoms with Crippen LogP contribution in [0.2, 0.25) is 0 Å². The Balaban J connectivity index is 1.52. The Morgan fingerprint density at radius 1 is 0.947 bits per heavy atom. The van der Waals surface area contributed by atoms with Gasteiger partial charge in [-0.05, 0) is 30.5 Å². The quantitative estimate of drug-likeness (QED) is 0.817. The first-order valence-electron chi connectivity index (χ1n) is 7.13. The molecule has 1 fully saturated rings. The Morgan fingerprint density at radius 3 is 2.42 bits per heavy atom. The molecule has 0 N–H and O–H groups in total. The van der Waals surface area contributed by atoms with Gasteiger partial charge in [0.1, 0.15) is 0 Å². The van der Waals surface area contributed by atoms with Gasteiger partial charge in [0.15, 0.2) is 0 Å². The first kappa shape index (κ1) is 12.5. The van der Waals surface area contributed by atoms with E-state index in [1.807, 2.05) is 0 Å². The molecule has 1 aliphatic heterocycles. The number of hydrogen-bond donors (Lipinski definition) is 0. The van der Waals surface area contributed by atoms with Gasteiger partial charge < -0.3 is 4.90 Å². The lowest BCUT2D eigenvalue weighted by Crippen LogP contribution is -2.46. The molecule has 0 spiro atoms. The highest BCUT2D eigenvalue weighted by Crippen LogP contribution is 2.17. The van der Waals surface area contributed by atoms with Crippen molar-refractivity contribution in [2.24, 2.45) is 0 Å². The zero-order chi connectivity index (χ0) is 12.9. The summed E-state index contributed by atoms with van der Waals surface area (Å²) in [5.41, 5.74) is 2.82. The van der Waals surface area contributed by atoms with Crippen molar-refractivity contribution in [1.82, 2.24) is 4.90 Å². The minimum atomic E-state index is 1.09. The monoisotopic (exact) mass is 253 g/mol. The van der Waals surface area contributed by atoms with Gasteiger partial charge in [-0.3, -0.25) is 4.90 Å². The van der Waals surface area contributed by atoms with Crippen LogP contribution in [0, 0.1) is 6.42 Å². The fraction of sp³-hybridized carbons (Fsp3) is 0.353. The summed E-state index contributed by atoms with van der Waals surface area (Å²) in [6.07, 6.45) is 10.1. The third-order valence-corrected chi connectivity index (χ3v) is 3.86. The van der Waals surface area contributed by atoms with Gasteiger partial charge in [0, 0.05) is 38.4 Å². The Morgan fingerprint density at radius 2 is 1.74 bits per heavy atom. The van der Waals surface area contributed by atoms with E-state index in [4.69, 9.17) is 0 Å². The van der Waals surface area contributed by atoms with E-state index < -0.39 is 0 Å². The second kappa shape index (κ2) is 6.07. The standard InChI is InChI=1S/C17H21N2/c1-3-7-16(8-4-1)15-18-11-13-19(14-12-18)17-9-5-2-6-10-17/h1-3,5-10H,4,11-15H2. The van der Waals surface area contributed by atoms with Gasteiger partial charge in [-0.2, -0.15) is 0 Å². The molecule has 2 heteroatoms. The summed E-state index contributed by atoms with van der Waals surface area (Å²) in [5.74, 6) is 0. The summed E-state index contributed by atoms with van der Waals surface area (Å²) in [5, 5.41) is 0. The van der Waals surface area contributed by atoms with Crippen LogP contribution in [0.25, 0.3) is 0 Å². The van der Waals surface area contributed by atoms with Crippen LogP contribution in [0.15, 0.2) is 54.1 Å². The van der Waals surface area contributed by atoms with E-state index >= 15 is 0 Å². The van der Waals surface area contributed by atoms with Crippen molar-refractivity contribution in [1.29, 1.82) is 0 Å². The number of rotatable bonds is 3. The third-order valence-electron chi connectivity index (χ3n) is 3.86. The highest BCUT2D eigenvalue weighted by molar-refractivity contribution is 5.46. The normalized spacial score (nSPS) is 20.4. The first-order chi connectivity index (χ1) is 9.42. The summed E-state index contributed by atoms with van der Waals surface area (Å²) in [4.78, 5) is 5.04. The number of benzene rings is 1. The van der Waals surface area contributed by atoms with Gasteiger partial charge in [0.25, 0.3) is 0 Å². The molecule has 0 amide bonds. The predicted molar refractivity (Wildman–Crippen MR) is 81.2 cm³/mol. The molecule has 19 heavy (non-hydrogen) atoms. The summed E-state index contributed by atoms with van der Waals surface area (Å²) >= 11 is 0. The number of hydrogen-bond acceptors (Lipinski definition) is 2. The molecule has 1 aliphatic carbocycles. The lowest BCUT2D eigenvalue weighted by Gasteiger charge is -2.36. The number of allylic oxidation sites excluding steroid dienone is 2. The molecule has 1 radical (unpaired) electrons. The minimum Gasteiger partial charge on any atom is -0.369 e. The molecule has 0 unspecified atom stereocenters. The van der Waals surface area contributed by atoms with E-state index in [1.165, 1.54) is 11.3 Å². The maximum atomic E-state index is 2.56. The first-order valence-corrected chi connectivity index (χ1v) is 7.13. The lowest BCUT2D eigenvalue weighted by molar-refractivity contribution is 0.280. The van der Waals surface area contributed by atoms with Crippen molar-refractivity contribution in [3.63, 3.8) is 0 Å². The Labute approximate surface area is 116 Å². The molecule has 0 saturated carbocycles. The summed E-state index contributed by atoms with van der Waals surface area (Å²) < 4.78 is 0. The van der Waals surface area contributed by atoms with Gasteiger partial charge >= 0.3 is 0 Å². The van der Waals surface area contributed by atoms with Crippen molar-refractivity contribution >= 4 is 5.69 Å². The maximum Gasteiger partial charge on any atom is 0.0367 e. The third kappa shape index (κ3) is 3.27. The van der Waals surface area contributed by atoms with E-state index in [2.05, 4.69) is 64.8 Å². The molecule has 1 aromatic carbocycles. The molecule has 0 atom stereocenters. The molecule has 1 saturated heterocycles. The predicted octanol–water partition coefficient (Wildman–Crippen LogP) is 2.90. The fourth-order valence-corrected chi connectivity index (χ4v) is 2.74.